The highest BCUT2D eigenvalue weighted by molar-refractivity contribution is 7.10. The average molecular weight is 407 g/mol. The topological polar surface area (TPSA) is 58.6 Å². The minimum absolute atomic E-state index is 0.00819. The van der Waals surface area contributed by atoms with Gasteiger partial charge in [0.05, 0.1) is 19.0 Å². The van der Waals surface area contributed by atoms with Crippen LogP contribution in [0.25, 0.3) is 0 Å². The fraction of sp³-hybridized carbons (Fsp3) is 0.217. The molecular formula is C23H22N2O3S. The molecule has 0 spiro atoms. The summed E-state index contributed by atoms with van der Waals surface area (Å²) in [5.74, 6) is 0.561. The van der Waals surface area contributed by atoms with Gasteiger partial charge in [-0.15, -0.1) is 11.3 Å². The Balaban J connectivity index is 1.52. The van der Waals surface area contributed by atoms with Crippen LogP contribution in [0.3, 0.4) is 0 Å². The van der Waals surface area contributed by atoms with Crippen molar-refractivity contribution in [2.75, 3.05) is 11.9 Å². The van der Waals surface area contributed by atoms with Crippen LogP contribution in [0.4, 0.5) is 5.69 Å². The van der Waals surface area contributed by atoms with Crippen LogP contribution in [0.5, 0.6) is 5.75 Å². The second-order valence-corrected chi connectivity index (χ2v) is 8.06. The van der Waals surface area contributed by atoms with Crippen molar-refractivity contribution in [3.8, 4) is 5.75 Å². The van der Waals surface area contributed by atoms with Gasteiger partial charge < -0.3 is 15.0 Å². The number of amides is 2. The summed E-state index contributed by atoms with van der Waals surface area (Å²) in [5.41, 5.74) is 2.66. The number of anilines is 1. The van der Waals surface area contributed by atoms with Crippen molar-refractivity contribution in [1.82, 2.24) is 4.90 Å². The van der Waals surface area contributed by atoms with Crippen LogP contribution in [0, 0.1) is 0 Å². The molecule has 2 heterocycles. The SMILES string of the molecule is C[C@H](c1ccccc1)N1Cc2cc(NC(=O)Cc3cccs3)ccc2OCC1=O. The van der Waals surface area contributed by atoms with Crippen LogP contribution in [-0.2, 0) is 22.6 Å². The number of nitrogens with zero attached hydrogens (tertiary/aromatic N) is 1. The van der Waals surface area contributed by atoms with Crippen molar-refractivity contribution in [3.63, 3.8) is 0 Å². The average Bonchev–Trinajstić information content (AvgIpc) is 3.18. The number of carbonyl (C=O) groups excluding carboxylic acids is 2. The third-order valence-corrected chi connectivity index (χ3v) is 5.90. The van der Waals surface area contributed by atoms with Crippen molar-refractivity contribution in [2.24, 2.45) is 0 Å². The lowest BCUT2D eigenvalue weighted by molar-refractivity contribution is -0.135. The molecule has 1 aliphatic rings. The summed E-state index contributed by atoms with van der Waals surface area (Å²) < 4.78 is 5.72. The maximum Gasteiger partial charge on any atom is 0.261 e. The summed E-state index contributed by atoms with van der Waals surface area (Å²) in [6.45, 7) is 2.46. The van der Waals surface area contributed by atoms with E-state index in [1.165, 1.54) is 0 Å². The second-order valence-electron chi connectivity index (χ2n) is 7.02. The van der Waals surface area contributed by atoms with Gasteiger partial charge in [-0.25, -0.2) is 0 Å². The minimum Gasteiger partial charge on any atom is -0.483 e. The summed E-state index contributed by atoms with van der Waals surface area (Å²) in [4.78, 5) is 27.8. The molecule has 0 unspecified atom stereocenters. The Morgan fingerprint density at radius 1 is 1.17 bits per heavy atom. The van der Waals surface area contributed by atoms with Gasteiger partial charge in [-0.05, 0) is 42.1 Å². The number of thiophene rings is 1. The molecule has 0 saturated carbocycles. The van der Waals surface area contributed by atoms with Crippen molar-refractivity contribution < 1.29 is 14.3 Å². The predicted molar refractivity (Wildman–Crippen MR) is 114 cm³/mol. The zero-order chi connectivity index (χ0) is 20.2. The van der Waals surface area contributed by atoms with Gasteiger partial charge in [0.2, 0.25) is 5.91 Å². The summed E-state index contributed by atoms with van der Waals surface area (Å²) in [6, 6.07) is 19.3. The number of ether oxygens (including phenoxy) is 1. The zero-order valence-corrected chi connectivity index (χ0v) is 16.9. The van der Waals surface area contributed by atoms with E-state index in [2.05, 4.69) is 5.32 Å². The summed E-state index contributed by atoms with van der Waals surface area (Å²) in [6.07, 6.45) is 0.348. The Morgan fingerprint density at radius 3 is 2.76 bits per heavy atom. The van der Waals surface area contributed by atoms with E-state index in [1.807, 2.05) is 77.9 Å². The monoisotopic (exact) mass is 406 g/mol. The van der Waals surface area contributed by atoms with Crippen LogP contribution in [0.2, 0.25) is 0 Å². The predicted octanol–water partition coefficient (Wildman–Crippen LogP) is 4.41. The Hall–Kier alpha value is -3.12. The van der Waals surface area contributed by atoms with Crippen LogP contribution in [0.1, 0.15) is 29.0 Å². The largest absolute Gasteiger partial charge is 0.483 e. The zero-order valence-electron chi connectivity index (χ0n) is 16.1. The van der Waals surface area contributed by atoms with Crippen molar-refractivity contribution >= 4 is 28.8 Å². The molecule has 148 valence electrons. The fourth-order valence-corrected chi connectivity index (χ4v) is 4.16. The first-order valence-corrected chi connectivity index (χ1v) is 10.4. The van der Waals surface area contributed by atoms with E-state index in [0.29, 0.717) is 24.4 Å². The fourth-order valence-electron chi connectivity index (χ4n) is 3.46. The first kappa shape index (κ1) is 19.2. The maximum atomic E-state index is 12.7. The van der Waals surface area contributed by atoms with Gasteiger partial charge in [-0.2, -0.15) is 0 Å². The van der Waals surface area contributed by atoms with Gasteiger partial charge in [0.25, 0.3) is 5.91 Å². The van der Waals surface area contributed by atoms with Crippen LogP contribution in [-0.4, -0.2) is 23.3 Å². The third-order valence-electron chi connectivity index (χ3n) is 5.02. The Kier molecular flexibility index (Phi) is 5.62. The molecular weight excluding hydrogens is 384 g/mol. The normalized spacial score (nSPS) is 14.5. The molecule has 0 radical (unpaired) electrons. The Bertz CT molecular complexity index is 1000. The van der Waals surface area contributed by atoms with E-state index >= 15 is 0 Å². The number of benzene rings is 2. The molecule has 1 atom stereocenters. The van der Waals surface area contributed by atoms with Crippen molar-refractivity contribution in [2.45, 2.75) is 25.9 Å². The quantitative estimate of drug-likeness (QED) is 0.683. The van der Waals surface area contributed by atoms with E-state index in [9.17, 15) is 9.59 Å². The number of hydrogen-bond donors (Lipinski definition) is 1. The molecule has 4 rings (SSSR count). The van der Waals surface area contributed by atoms with E-state index in [0.717, 1.165) is 16.0 Å². The molecule has 0 fully saturated rings. The van der Waals surface area contributed by atoms with Crippen molar-refractivity contribution in [1.29, 1.82) is 0 Å². The number of carbonyl (C=O) groups is 2. The van der Waals surface area contributed by atoms with E-state index in [4.69, 9.17) is 4.74 Å². The van der Waals surface area contributed by atoms with E-state index in [1.54, 1.807) is 11.3 Å². The number of nitrogens with one attached hydrogen (secondary N) is 1. The molecule has 2 aromatic carbocycles. The number of fused-ring (bicyclic) bond motifs is 1. The molecule has 5 nitrogen and oxygen atoms in total. The third kappa shape index (κ3) is 4.49. The van der Waals surface area contributed by atoms with E-state index < -0.39 is 0 Å². The standard InChI is InChI=1S/C23H22N2O3S/c1-16(17-6-3-2-4-7-17)25-14-18-12-19(9-10-21(18)28-15-23(25)27)24-22(26)13-20-8-5-11-29-20/h2-12,16H,13-15H2,1H3,(H,24,26)/t16-/m1/s1. The Morgan fingerprint density at radius 2 is 2.00 bits per heavy atom. The molecule has 2 amide bonds. The van der Waals surface area contributed by atoms with Gasteiger partial charge in [-0.3, -0.25) is 9.59 Å². The molecule has 29 heavy (non-hydrogen) atoms. The number of hydrogen-bond acceptors (Lipinski definition) is 4. The minimum atomic E-state index is -0.0738. The summed E-state index contributed by atoms with van der Waals surface area (Å²) in [7, 11) is 0. The van der Waals surface area contributed by atoms with Crippen LogP contribution >= 0.6 is 11.3 Å². The first-order chi connectivity index (χ1) is 14.1. The van der Waals surface area contributed by atoms with Gasteiger partial charge in [0, 0.05) is 16.1 Å². The molecule has 1 aliphatic heterocycles. The molecule has 6 heteroatoms. The molecule has 0 aliphatic carbocycles. The lowest BCUT2D eigenvalue weighted by Crippen LogP contribution is -2.34. The highest BCUT2D eigenvalue weighted by Gasteiger charge is 2.26. The van der Waals surface area contributed by atoms with Gasteiger partial charge in [0.1, 0.15) is 5.75 Å². The lowest BCUT2D eigenvalue weighted by atomic mass is 10.1. The molecule has 1 N–H and O–H groups in total. The second kappa shape index (κ2) is 8.49. The Labute approximate surface area is 173 Å². The summed E-state index contributed by atoms with van der Waals surface area (Å²) >= 11 is 1.56. The van der Waals surface area contributed by atoms with Crippen LogP contribution < -0.4 is 10.1 Å². The molecule has 1 aromatic heterocycles. The first-order valence-electron chi connectivity index (χ1n) is 9.52. The molecule has 0 saturated heterocycles. The maximum absolute atomic E-state index is 12.7. The highest BCUT2D eigenvalue weighted by Crippen LogP contribution is 2.31. The lowest BCUT2D eigenvalue weighted by Gasteiger charge is -2.28. The number of rotatable bonds is 5. The van der Waals surface area contributed by atoms with Crippen molar-refractivity contribution in [3.05, 3.63) is 82.0 Å². The van der Waals surface area contributed by atoms with Gasteiger partial charge in [-0.1, -0.05) is 36.4 Å². The smallest absolute Gasteiger partial charge is 0.261 e. The highest BCUT2D eigenvalue weighted by atomic mass is 32.1. The van der Waals surface area contributed by atoms with Gasteiger partial charge in [0.15, 0.2) is 6.61 Å². The van der Waals surface area contributed by atoms with E-state index in [-0.39, 0.29) is 24.5 Å². The molecule has 0 bridgehead atoms. The summed E-state index contributed by atoms with van der Waals surface area (Å²) in [5, 5.41) is 4.91. The molecule has 3 aromatic rings. The van der Waals surface area contributed by atoms with Crippen LogP contribution in [0.15, 0.2) is 66.0 Å². The van der Waals surface area contributed by atoms with Gasteiger partial charge >= 0.3 is 0 Å².